The van der Waals surface area contributed by atoms with Crippen LogP contribution in [0.3, 0.4) is 0 Å². The summed E-state index contributed by atoms with van der Waals surface area (Å²) in [4.78, 5) is 7.61. The van der Waals surface area contributed by atoms with Crippen molar-refractivity contribution in [2.45, 2.75) is 19.8 Å². The molecule has 134 valence electrons. The van der Waals surface area contributed by atoms with Crippen LogP contribution in [0.2, 0.25) is 0 Å². The second-order valence-corrected chi connectivity index (χ2v) is 5.82. The number of nitrogens with one attached hydrogen (secondary N) is 3. The summed E-state index contributed by atoms with van der Waals surface area (Å²) >= 11 is 0. The average molecular weight is 452 g/mol. The highest BCUT2D eigenvalue weighted by molar-refractivity contribution is 14.0. The van der Waals surface area contributed by atoms with Gasteiger partial charge in [0.1, 0.15) is 5.76 Å². The number of hydrogen-bond acceptors (Lipinski definition) is 2. The lowest BCUT2D eigenvalue weighted by atomic mass is 10.1. The molecule has 3 rings (SSSR count). The zero-order valence-electron chi connectivity index (χ0n) is 14.6. The van der Waals surface area contributed by atoms with E-state index >= 15 is 0 Å². The summed E-state index contributed by atoms with van der Waals surface area (Å²) in [6, 6.07) is 10.3. The first kappa shape index (κ1) is 19.4. The van der Waals surface area contributed by atoms with Crippen molar-refractivity contribution in [3.8, 4) is 0 Å². The van der Waals surface area contributed by atoms with Crippen LogP contribution in [0.5, 0.6) is 0 Å². The fraction of sp³-hybridized carbons (Fsp3) is 0.316. The van der Waals surface area contributed by atoms with Crippen molar-refractivity contribution >= 4 is 40.8 Å². The molecule has 3 aromatic rings. The third-order valence-electron chi connectivity index (χ3n) is 4.15. The fourth-order valence-electron chi connectivity index (χ4n) is 2.94. The lowest BCUT2D eigenvalue weighted by molar-refractivity contribution is 0.507. The number of aryl methyl sites for hydroxylation is 1. The van der Waals surface area contributed by atoms with Gasteiger partial charge < -0.3 is 20.0 Å². The topological polar surface area (TPSA) is 65.3 Å². The van der Waals surface area contributed by atoms with E-state index < -0.39 is 0 Å². The van der Waals surface area contributed by atoms with Crippen LogP contribution >= 0.6 is 24.0 Å². The Morgan fingerprint density at radius 3 is 2.64 bits per heavy atom. The summed E-state index contributed by atoms with van der Waals surface area (Å²) in [7, 11) is 1.79. The van der Waals surface area contributed by atoms with Gasteiger partial charge in [-0.3, -0.25) is 4.99 Å². The predicted octanol–water partition coefficient (Wildman–Crippen LogP) is 3.64. The van der Waals surface area contributed by atoms with E-state index in [1.54, 1.807) is 13.3 Å². The first-order valence-corrected chi connectivity index (χ1v) is 8.30. The highest BCUT2D eigenvalue weighted by Crippen LogP contribution is 2.22. The van der Waals surface area contributed by atoms with Crippen LogP contribution in [0.4, 0.5) is 0 Å². The molecule has 2 aromatic heterocycles. The highest BCUT2D eigenvalue weighted by Gasteiger charge is 2.06. The summed E-state index contributed by atoms with van der Waals surface area (Å²) in [6.07, 6.45) is 5.59. The number of hydrogen-bond donors (Lipinski definition) is 3. The Morgan fingerprint density at radius 1 is 1.12 bits per heavy atom. The first-order valence-electron chi connectivity index (χ1n) is 8.30. The number of guanidine groups is 1. The lowest BCUT2D eigenvalue weighted by Crippen LogP contribution is -2.39. The van der Waals surface area contributed by atoms with Gasteiger partial charge in [0.15, 0.2) is 5.96 Å². The van der Waals surface area contributed by atoms with Gasteiger partial charge in [0.05, 0.1) is 6.26 Å². The van der Waals surface area contributed by atoms with Gasteiger partial charge in [-0.1, -0.05) is 12.1 Å². The normalized spacial score (nSPS) is 11.4. The van der Waals surface area contributed by atoms with Gasteiger partial charge in [0.25, 0.3) is 0 Å². The van der Waals surface area contributed by atoms with E-state index in [0.717, 1.165) is 37.7 Å². The van der Waals surface area contributed by atoms with E-state index in [2.05, 4.69) is 51.9 Å². The molecular weight excluding hydrogens is 427 g/mol. The van der Waals surface area contributed by atoms with Crippen LogP contribution in [0.25, 0.3) is 10.9 Å². The summed E-state index contributed by atoms with van der Waals surface area (Å²) < 4.78 is 5.33. The van der Waals surface area contributed by atoms with E-state index in [0.29, 0.717) is 0 Å². The predicted molar refractivity (Wildman–Crippen MR) is 114 cm³/mol. The molecule has 0 saturated heterocycles. The Bertz CT molecular complexity index is 808. The van der Waals surface area contributed by atoms with Crippen molar-refractivity contribution in [1.82, 2.24) is 15.6 Å². The minimum Gasteiger partial charge on any atom is -0.469 e. The molecule has 0 aliphatic carbocycles. The molecular formula is C19H25IN4O. The molecule has 1 aromatic carbocycles. The molecule has 0 saturated carbocycles. The zero-order chi connectivity index (χ0) is 16.8. The third-order valence-corrected chi connectivity index (χ3v) is 4.15. The van der Waals surface area contributed by atoms with Crippen LogP contribution in [-0.2, 0) is 12.8 Å². The molecule has 6 heteroatoms. The number of rotatable bonds is 6. The molecule has 0 bridgehead atoms. The molecule has 3 N–H and O–H groups in total. The maximum Gasteiger partial charge on any atom is 0.191 e. The zero-order valence-corrected chi connectivity index (χ0v) is 17.0. The van der Waals surface area contributed by atoms with Gasteiger partial charge >= 0.3 is 0 Å². The number of aromatic amines is 1. The Morgan fingerprint density at radius 2 is 1.92 bits per heavy atom. The smallest absolute Gasteiger partial charge is 0.191 e. The molecule has 0 aliphatic rings. The molecule has 5 nitrogen and oxygen atoms in total. The summed E-state index contributed by atoms with van der Waals surface area (Å²) in [6.45, 7) is 3.78. The Hall–Kier alpha value is -1.96. The molecule has 2 heterocycles. The molecule has 0 fully saturated rings. The first-order chi connectivity index (χ1) is 11.8. The molecule has 0 spiro atoms. The van der Waals surface area contributed by atoms with Crippen molar-refractivity contribution in [1.29, 1.82) is 0 Å². The minimum absolute atomic E-state index is 0. The van der Waals surface area contributed by atoms with Crippen LogP contribution in [0, 0.1) is 6.92 Å². The van der Waals surface area contributed by atoms with E-state index in [9.17, 15) is 0 Å². The van der Waals surface area contributed by atoms with Gasteiger partial charge in [-0.15, -0.1) is 24.0 Å². The second kappa shape index (κ2) is 9.50. The van der Waals surface area contributed by atoms with Gasteiger partial charge in [-0.05, 0) is 42.7 Å². The molecule has 25 heavy (non-hydrogen) atoms. The summed E-state index contributed by atoms with van der Waals surface area (Å²) in [5, 5.41) is 8.01. The van der Waals surface area contributed by atoms with Crippen LogP contribution in [0.15, 0.2) is 52.2 Å². The van der Waals surface area contributed by atoms with Gasteiger partial charge in [0.2, 0.25) is 0 Å². The quantitative estimate of drug-likeness (QED) is 0.304. The van der Waals surface area contributed by atoms with E-state index in [-0.39, 0.29) is 24.0 Å². The minimum atomic E-state index is 0. The molecule has 0 amide bonds. The van der Waals surface area contributed by atoms with E-state index in [1.807, 2.05) is 12.1 Å². The van der Waals surface area contributed by atoms with Gasteiger partial charge in [-0.2, -0.15) is 0 Å². The van der Waals surface area contributed by atoms with Crippen molar-refractivity contribution in [3.63, 3.8) is 0 Å². The fourth-order valence-corrected chi connectivity index (χ4v) is 2.94. The summed E-state index contributed by atoms with van der Waals surface area (Å²) in [5.74, 6) is 1.80. The Balaban J connectivity index is 0.00000225. The van der Waals surface area contributed by atoms with E-state index in [4.69, 9.17) is 4.42 Å². The standard InChI is InChI=1S/C19H24N4O.HI/c1-14-5-3-7-17-18(14)15(13-23-17)8-10-21-19(20-2)22-11-9-16-6-4-12-24-16;/h3-7,12-13,23H,8-11H2,1-2H3,(H2,20,21,22);1H. The number of aliphatic imine (C=N–C) groups is 1. The second-order valence-electron chi connectivity index (χ2n) is 5.82. The van der Waals surface area contributed by atoms with Crippen LogP contribution in [0.1, 0.15) is 16.9 Å². The largest absolute Gasteiger partial charge is 0.469 e. The van der Waals surface area contributed by atoms with Crippen LogP contribution < -0.4 is 10.6 Å². The van der Waals surface area contributed by atoms with Gasteiger partial charge in [-0.25, -0.2) is 0 Å². The lowest BCUT2D eigenvalue weighted by Gasteiger charge is -2.11. The Kier molecular flexibility index (Phi) is 7.36. The van der Waals surface area contributed by atoms with Crippen molar-refractivity contribution in [3.05, 3.63) is 59.7 Å². The molecule has 0 unspecified atom stereocenters. The molecule has 0 atom stereocenters. The number of fused-ring (bicyclic) bond motifs is 1. The number of H-pyrrole nitrogens is 1. The maximum atomic E-state index is 5.33. The van der Waals surface area contributed by atoms with Crippen LogP contribution in [-0.4, -0.2) is 31.1 Å². The number of furan rings is 1. The van der Waals surface area contributed by atoms with E-state index in [1.165, 1.54) is 22.0 Å². The highest BCUT2D eigenvalue weighted by atomic mass is 127. The number of nitrogens with zero attached hydrogens (tertiary/aromatic N) is 1. The molecule has 0 radical (unpaired) electrons. The van der Waals surface area contributed by atoms with Crippen molar-refractivity contribution < 1.29 is 4.42 Å². The van der Waals surface area contributed by atoms with Crippen molar-refractivity contribution in [2.75, 3.05) is 20.1 Å². The maximum absolute atomic E-state index is 5.33. The number of benzene rings is 1. The Labute approximate surface area is 165 Å². The average Bonchev–Trinajstić information content (AvgIpc) is 3.24. The third kappa shape index (κ3) is 5.01. The summed E-state index contributed by atoms with van der Waals surface area (Å²) in [5.41, 5.74) is 3.84. The SMILES string of the molecule is CN=C(NCCc1ccco1)NCCc1c[nH]c2cccc(C)c12.I. The van der Waals surface area contributed by atoms with Crippen molar-refractivity contribution in [2.24, 2.45) is 4.99 Å². The van der Waals surface area contributed by atoms with Gasteiger partial charge in [0, 0.05) is 43.7 Å². The molecule has 0 aliphatic heterocycles. The number of halogens is 1. The monoisotopic (exact) mass is 452 g/mol. The number of aromatic nitrogens is 1.